The molecule has 0 aromatic heterocycles. The summed E-state index contributed by atoms with van der Waals surface area (Å²) in [5.74, 6) is 2.37. The molecule has 0 aromatic rings. The Hall–Kier alpha value is -0.190. The number of terminal acetylenes is 1. The zero-order valence-corrected chi connectivity index (χ0v) is 7.37. The van der Waals surface area contributed by atoms with Crippen LogP contribution >= 0.6 is 11.6 Å². The summed E-state index contributed by atoms with van der Waals surface area (Å²) in [4.78, 5) is 0. The van der Waals surface area contributed by atoms with Gasteiger partial charge in [0.05, 0.1) is 5.88 Å². The fourth-order valence-corrected chi connectivity index (χ4v) is 0.934. The second-order valence-electron chi connectivity index (χ2n) is 3.39. The fraction of sp³-hybridized carbons (Fsp3) is 0.750. The summed E-state index contributed by atoms with van der Waals surface area (Å²) >= 11 is 5.50. The minimum Gasteiger partial charge on any atom is -0.376 e. The van der Waals surface area contributed by atoms with E-state index >= 15 is 0 Å². The van der Waals surface area contributed by atoms with Crippen LogP contribution in [-0.2, 0) is 0 Å². The molecule has 0 bridgehead atoms. The molecule has 0 amide bonds. The molecule has 0 rings (SSSR count). The molecule has 10 heavy (non-hydrogen) atoms. The average molecular weight is 161 g/mol. The van der Waals surface area contributed by atoms with Gasteiger partial charge in [-0.15, -0.1) is 18.0 Å². The number of aliphatic hydroxyl groups is 1. The Morgan fingerprint density at radius 3 is 1.90 bits per heavy atom. The summed E-state index contributed by atoms with van der Waals surface area (Å²) in [6.07, 6.45) is 5.12. The van der Waals surface area contributed by atoms with Crippen LogP contribution in [0.1, 0.15) is 20.8 Å². The Bertz CT molecular complexity index is 152. The minimum atomic E-state index is -1.19. The molecule has 0 saturated heterocycles. The van der Waals surface area contributed by atoms with Crippen molar-refractivity contribution in [3.63, 3.8) is 0 Å². The first kappa shape index (κ1) is 9.81. The van der Waals surface area contributed by atoms with Crippen LogP contribution in [0, 0.1) is 17.8 Å². The van der Waals surface area contributed by atoms with Crippen LogP contribution in [0.5, 0.6) is 0 Å². The average Bonchev–Trinajstić information content (AvgIpc) is 1.84. The SMILES string of the molecule is C#CC(O)(CCl)C(C)(C)C. The van der Waals surface area contributed by atoms with Crippen LogP contribution in [0.15, 0.2) is 0 Å². The summed E-state index contributed by atoms with van der Waals surface area (Å²) in [6.45, 7) is 5.57. The Morgan fingerprint density at radius 2 is 1.90 bits per heavy atom. The van der Waals surface area contributed by atoms with E-state index in [1.54, 1.807) is 0 Å². The van der Waals surface area contributed by atoms with E-state index in [-0.39, 0.29) is 11.3 Å². The second-order valence-corrected chi connectivity index (χ2v) is 3.66. The molecule has 1 N–H and O–H groups in total. The minimum absolute atomic E-state index is 0.0764. The third-order valence-corrected chi connectivity index (χ3v) is 2.06. The lowest BCUT2D eigenvalue weighted by Gasteiger charge is -2.33. The summed E-state index contributed by atoms with van der Waals surface area (Å²) in [5.41, 5.74) is -1.54. The molecule has 0 aliphatic heterocycles. The smallest absolute Gasteiger partial charge is 0.143 e. The lowest BCUT2D eigenvalue weighted by Crippen LogP contribution is -2.43. The molecule has 58 valence electrons. The fourth-order valence-electron chi connectivity index (χ4n) is 0.456. The molecule has 0 heterocycles. The van der Waals surface area contributed by atoms with E-state index in [4.69, 9.17) is 18.0 Å². The van der Waals surface area contributed by atoms with Crippen molar-refractivity contribution in [2.45, 2.75) is 26.4 Å². The molecular formula is C8H13ClO. The van der Waals surface area contributed by atoms with Gasteiger partial charge in [-0.25, -0.2) is 0 Å². The molecule has 0 aliphatic rings. The summed E-state index contributed by atoms with van der Waals surface area (Å²) in [5, 5.41) is 9.60. The Balaban J connectivity index is 4.54. The van der Waals surface area contributed by atoms with Crippen molar-refractivity contribution < 1.29 is 5.11 Å². The molecule has 0 saturated carbocycles. The summed E-state index contributed by atoms with van der Waals surface area (Å²) in [6, 6.07) is 0. The molecule has 1 unspecified atom stereocenters. The van der Waals surface area contributed by atoms with E-state index < -0.39 is 5.60 Å². The van der Waals surface area contributed by atoms with Gasteiger partial charge in [0.2, 0.25) is 0 Å². The highest BCUT2D eigenvalue weighted by Crippen LogP contribution is 2.30. The van der Waals surface area contributed by atoms with Gasteiger partial charge >= 0.3 is 0 Å². The maximum absolute atomic E-state index is 9.60. The van der Waals surface area contributed by atoms with Crippen molar-refractivity contribution in [2.24, 2.45) is 5.41 Å². The second kappa shape index (κ2) is 2.82. The zero-order chi connectivity index (χ0) is 8.41. The number of alkyl halides is 1. The number of halogens is 1. The van der Waals surface area contributed by atoms with Crippen LogP contribution in [0.2, 0.25) is 0 Å². The maximum Gasteiger partial charge on any atom is 0.143 e. The van der Waals surface area contributed by atoms with Crippen LogP contribution in [0.3, 0.4) is 0 Å². The normalized spacial score (nSPS) is 17.6. The van der Waals surface area contributed by atoms with E-state index in [1.807, 2.05) is 20.8 Å². The van der Waals surface area contributed by atoms with Crippen molar-refractivity contribution in [1.82, 2.24) is 0 Å². The largest absolute Gasteiger partial charge is 0.376 e. The zero-order valence-electron chi connectivity index (χ0n) is 6.61. The highest BCUT2D eigenvalue weighted by atomic mass is 35.5. The Labute approximate surface area is 67.4 Å². The molecule has 0 aliphatic carbocycles. The maximum atomic E-state index is 9.60. The van der Waals surface area contributed by atoms with Crippen LogP contribution in [0.4, 0.5) is 0 Å². The molecule has 2 heteroatoms. The van der Waals surface area contributed by atoms with E-state index in [0.29, 0.717) is 0 Å². The third-order valence-electron chi connectivity index (χ3n) is 1.67. The number of hydrogen-bond acceptors (Lipinski definition) is 1. The predicted molar refractivity (Wildman–Crippen MR) is 44.0 cm³/mol. The van der Waals surface area contributed by atoms with Gasteiger partial charge in [0.15, 0.2) is 0 Å². The predicted octanol–water partition coefficient (Wildman–Crippen LogP) is 1.64. The van der Waals surface area contributed by atoms with Crippen molar-refractivity contribution in [2.75, 3.05) is 5.88 Å². The first-order chi connectivity index (χ1) is 4.37. The molecule has 0 fully saturated rings. The first-order valence-corrected chi connectivity index (χ1v) is 3.67. The summed E-state index contributed by atoms with van der Waals surface area (Å²) < 4.78 is 0. The lowest BCUT2D eigenvalue weighted by atomic mass is 9.78. The van der Waals surface area contributed by atoms with Crippen molar-refractivity contribution in [3.8, 4) is 12.3 Å². The van der Waals surface area contributed by atoms with Crippen LogP contribution < -0.4 is 0 Å². The lowest BCUT2D eigenvalue weighted by molar-refractivity contribution is 0.0163. The molecule has 0 spiro atoms. The van der Waals surface area contributed by atoms with Gasteiger partial charge in [0, 0.05) is 5.41 Å². The standard InChI is InChI=1S/C8H13ClO/c1-5-8(10,6-9)7(2,3)4/h1,10H,6H2,2-4H3. The van der Waals surface area contributed by atoms with Crippen LogP contribution in [0.25, 0.3) is 0 Å². The highest BCUT2D eigenvalue weighted by molar-refractivity contribution is 6.18. The van der Waals surface area contributed by atoms with Gasteiger partial charge in [-0.1, -0.05) is 26.7 Å². The molecular weight excluding hydrogens is 148 g/mol. The van der Waals surface area contributed by atoms with Crippen molar-refractivity contribution >= 4 is 11.6 Å². The van der Waals surface area contributed by atoms with Gasteiger partial charge < -0.3 is 5.11 Å². The van der Waals surface area contributed by atoms with E-state index in [1.165, 1.54) is 0 Å². The summed E-state index contributed by atoms with van der Waals surface area (Å²) in [7, 11) is 0. The quantitative estimate of drug-likeness (QED) is 0.457. The van der Waals surface area contributed by atoms with Gasteiger partial charge in [0.25, 0.3) is 0 Å². The van der Waals surface area contributed by atoms with Gasteiger partial charge in [-0.2, -0.15) is 0 Å². The van der Waals surface area contributed by atoms with Gasteiger partial charge in [-0.3, -0.25) is 0 Å². The topological polar surface area (TPSA) is 20.2 Å². The Kier molecular flexibility index (Phi) is 2.76. The number of hydrogen-bond donors (Lipinski definition) is 1. The third kappa shape index (κ3) is 1.65. The van der Waals surface area contributed by atoms with Crippen molar-refractivity contribution in [3.05, 3.63) is 0 Å². The van der Waals surface area contributed by atoms with Crippen molar-refractivity contribution in [1.29, 1.82) is 0 Å². The Morgan fingerprint density at radius 1 is 1.50 bits per heavy atom. The first-order valence-electron chi connectivity index (χ1n) is 3.13. The highest BCUT2D eigenvalue weighted by Gasteiger charge is 2.37. The molecule has 0 radical (unpaired) electrons. The molecule has 1 nitrogen and oxygen atoms in total. The van der Waals surface area contributed by atoms with Crippen LogP contribution in [-0.4, -0.2) is 16.6 Å². The monoisotopic (exact) mass is 160 g/mol. The molecule has 0 aromatic carbocycles. The van der Waals surface area contributed by atoms with Gasteiger partial charge in [0.1, 0.15) is 5.60 Å². The number of rotatable bonds is 1. The van der Waals surface area contributed by atoms with E-state index in [2.05, 4.69) is 5.92 Å². The van der Waals surface area contributed by atoms with E-state index in [0.717, 1.165) is 0 Å². The van der Waals surface area contributed by atoms with Gasteiger partial charge in [-0.05, 0) is 0 Å². The van der Waals surface area contributed by atoms with E-state index in [9.17, 15) is 5.11 Å². The molecule has 1 atom stereocenters.